The Bertz CT molecular complexity index is 780. The summed E-state index contributed by atoms with van der Waals surface area (Å²) in [5.41, 5.74) is 3.78. The van der Waals surface area contributed by atoms with Gasteiger partial charge in [0.25, 0.3) is 0 Å². The number of thiocarbonyl (C=S) groups is 1. The summed E-state index contributed by atoms with van der Waals surface area (Å²) in [7, 11) is 1.38. The van der Waals surface area contributed by atoms with Crippen molar-refractivity contribution in [1.29, 1.82) is 0 Å². The first-order chi connectivity index (χ1) is 11.9. The Morgan fingerprint density at radius 2 is 2.12 bits per heavy atom. The lowest BCUT2D eigenvalue weighted by atomic mass is 10.2. The number of carbonyl (C=O) groups is 1. The van der Waals surface area contributed by atoms with E-state index in [-0.39, 0.29) is 5.97 Å². The molecule has 0 saturated heterocycles. The third-order valence-corrected chi connectivity index (χ3v) is 5.46. The topological polar surface area (TPSA) is 68.2 Å². The summed E-state index contributed by atoms with van der Waals surface area (Å²) < 4.78 is 6.82. The Labute approximate surface area is 157 Å². The number of thiophene rings is 1. The quantitative estimate of drug-likeness (QED) is 0.591. The van der Waals surface area contributed by atoms with Crippen molar-refractivity contribution < 1.29 is 9.53 Å². The molecule has 2 rings (SSSR count). The fraction of sp³-hybridized carbons (Fsp3) is 0.471. The molecule has 0 fully saturated rings. The lowest BCUT2D eigenvalue weighted by Crippen LogP contribution is -2.28. The van der Waals surface area contributed by atoms with Crippen LogP contribution in [0.1, 0.15) is 46.0 Å². The second-order valence-electron chi connectivity index (χ2n) is 5.57. The minimum atomic E-state index is -0.364. The molecule has 2 heterocycles. The van der Waals surface area contributed by atoms with Gasteiger partial charge in [-0.25, -0.2) is 4.79 Å². The molecule has 0 bridgehead atoms. The highest BCUT2D eigenvalue weighted by Crippen LogP contribution is 2.29. The average Bonchev–Trinajstić information content (AvgIpc) is 3.13. The van der Waals surface area contributed by atoms with E-state index >= 15 is 0 Å². The molecule has 0 spiro atoms. The summed E-state index contributed by atoms with van der Waals surface area (Å²) in [4.78, 5) is 13.0. The van der Waals surface area contributed by atoms with E-state index in [2.05, 4.69) is 29.6 Å². The van der Waals surface area contributed by atoms with Crippen molar-refractivity contribution in [2.75, 3.05) is 12.4 Å². The van der Waals surface area contributed by atoms with Crippen LogP contribution in [-0.2, 0) is 24.2 Å². The number of aryl methyl sites for hydroxylation is 3. The van der Waals surface area contributed by atoms with Crippen molar-refractivity contribution in [3.8, 4) is 0 Å². The Balaban J connectivity index is 2.07. The number of carbonyl (C=O) groups excluding carboxylic acids is 1. The largest absolute Gasteiger partial charge is 0.465 e. The number of hydrogen-bond donors (Lipinski definition) is 2. The third kappa shape index (κ3) is 4.38. The predicted molar refractivity (Wildman–Crippen MR) is 105 cm³/mol. The standard InChI is InChI=1S/C17H24N4O2S2/c1-6-12-8-13(16(22)23-5)15(25-12)19-17(24)18-9-14-10(3)20-21(7-2)11(14)4/h8H,6-7,9H2,1-5H3,(H2,18,19,24). The van der Waals surface area contributed by atoms with E-state index in [9.17, 15) is 4.79 Å². The van der Waals surface area contributed by atoms with Crippen molar-refractivity contribution in [3.05, 3.63) is 33.5 Å². The molecule has 0 aliphatic carbocycles. The van der Waals surface area contributed by atoms with Crippen molar-refractivity contribution in [1.82, 2.24) is 15.1 Å². The van der Waals surface area contributed by atoms with E-state index in [0.717, 1.165) is 34.8 Å². The fourth-order valence-electron chi connectivity index (χ4n) is 2.58. The first-order valence-corrected chi connectivity index (χ1v) is 9.42. The zero-order valence-electron chi connectivity index (χ0n) is 15.2. The summed E-state index contributed by atoms with van der Waals surface area (Å²) in [6, 6.07) is 1.85. The molecule has 2 N–H and O–H groups in total. The van der Waals surface area contributed by atoms with Gasteiger partial charge in [0.2, 0.25) is 0 Å². The van der Waals surface area contributed by atoms with Gasteiger partial charge in [0.1, 0.15) is 5.00 Å². The van der Waals surface area contributed by atoms with Crippen molar-refractivity contribution in [3.63, 3.8) is 0 Å². The van der Waals surface area contributed by atoms with Crippen LogP contribution in [-0.4, -0.2) is 28.0 Å². The van der Waals surface area contributed by atoms with Gasteiger partial charge in [0, 0.05) is 29.2 Å². The van der Waals surface area contributed by atoms with E-state index in [1.54, 1.807) is 0 Å². The molecule has 0 aliphatic heterocycles. The van der Waals surface area contributed by atoms with Gasteiger partial charge in [0.05, 0.1) is 18.4 Å². The van der Waals surface area contributed by atoms with Crippen LogP contribution in [0.25, 0.3) is 0 Å². The van der Waals surface area contributed by atoms with Gasteiger partial charge >= 0.3 is 5.97 Å². The van der Waals surface area contributed by atoms with Crippen LogP contribution in [0.4, 0.5) is 5.00 Å². The summed E-state index contributed by atoms with van der Waals surface area (Å²) in [6.07, 6.45) is 0.852. The molecule has 0 unspecified atom stereocenters. The van der Waals surface area contributed by atoms with Crippen LogP contribution in [0, 0.1) is 13.8 Å². The molecule has 6 nitrogen and oxygen atoms in total. The molecule has 0 amide bonds. The fourth-order valence-corrected chi connectivity index (χ4v) is 3.81. The Kier molecular flexibility index (Phi) is 6.55. The van der Waals surface area contributed by atoms with Crippen molar-refractivity contribution in [2.24, 2.45) is 0 Å². The molecule has 0 aromatic carbocycles. The van der Waals surface area contributed by atoms with Crippen molar-refractivity contribution in [2.45, 2.75) is 47.2 Å². The maximum atomic E-state index is 11.9. The molecule has 0 aliphatic rings. The lowest BCUT2D eigenvalue weighted by molar-refractivity contribution is 0.0602. The second-order valence-corrected chi connectivity index (χ2v) is 7.12. The summed E-state index contributed by atoms with van der Waals surface area (Å²) >= 11 is 6.90. The number of ether oxygens (including phenoxy) is 1. The SMILES string of the molecule is CCc1cc(C(=O)OC)c(NC(=S)NCc2c(C)nn(CC)c2C)s1. The van der Waals surface area contributed by atoms with Gasteiger partial charge in [0.15, 0.2) is 5.11 Å². The molecular weight excluding hydrogens is 356 g/mol. The number of methoxy groups -OCH3 is 1. The van der Waals surface area contributed by atoms with Crippen LogP contribution in [0.3, 0.4) is 0 Å². The van der Waals surface area contributed by atoms with Gasteiger partial charge in [-0.05, 0) is 45.5 Å². The van der Waals surface area contributed by atoms with Gasteiger partial charge in [-0.3, -0.25) is 4.68 Å². The second kappa shape index (κ2) is 8.44. The highest BCUT2D eigenvalue weighted by molar-refractivity contribution is 7.80. The van der Waals surface area contributed by atoms with Gasteiger partial charge in [-0.1, -0.05) is 6.92 Å². The zero-order chi connectivity index (χ0) is 18.6. The minimum absolute atomic E-state index is 0.364. The summed E-state index contributed by atoms with van der Waals surface area (Å²) in [5.74, 6) is -0.364. The molecule has 2 aromatic heterocycles. The molecule has 2 aromatic rings. The first-order valence-electron chi connectivity index (χ1n) is 8.19. The Morgan fingerprint density at radius 1 is 1.40 bits per heavy atom. The predicted octanol–water partition coefficient (Wildman–Crippen LogP) is 3.42. The van der Waals surface area contributed by atoms with E-state index in [1.165, 1.54) is 18.4 Å². The smallest absolute Gasteiger partial charge is 0.340 e. The molecule has 0 atom stereocenters. The molecule has 25 heavy (non-hydrogen) atoms. The number of nitrogens with one attached hydrogen (secondary N) is 2. The minimum Gasteiger partial charge on any atom is -0.465 e. The van der Waals surface area contributed by atoms with Crippen LogP contribution in [0.5, 0.6) is 0 Å². The number of aromatic nitrogens is 2. The summed E-state index contributed by atoms with van der Waals surface area (Å²) in [5, 5.41) is 12.0. The number of rotatable bonds is 6. The van der Waals surface area contributed by atoms with Crippen LogP contribution in [0.15, 0.2) is 6.07 Å². The lowest BCUT2D eigenvalue weighted by Gasteiger charge is -2.11. The molecule has 0 saturated carbocycles. The van der Waals surface area contributed by atoms with E-state index in [4.69, 9.17) is 17.0 Å². The average molecular weight is 381 g/mol. The van der Waals surface area contributed by atoms with E-state index in [1.807, 2.05) is 24.6 Å². The third-order valence-electron chi connectivity index (χ3n) is 4.02. The number of nitrogens with zero attached hydrogens (tertiary/aromatic N) is 2. The van der Waals surface area contributed by atoms with Crippen LogP contribution in [0.2, 0.25) is 0 Å². The highest BCUT2D eigenvalue weighted by Gasteiger charge is 2.17. The molecule has 136 valence electrons. The normalized spacial score (nSPS) is 10.6. The maximum absolute atomic E-state index is 11.9. The van der Waals surface area contributed by atoms with Crippen LogP contribution >= 0.6 is 23.6 Å². The van der Waals surface area contributed by atoms with Gasteiger partial charge in [-0.15, -0.1) is 11.3 Å². The zero-order valence-corrected chi connectivity index (χ0v) is 16.9. The van der Waals surface area contributed by atoms with Gasteiger partial charge in [-0.2, -0.15) is 5.10 Å². The molecular formula is C17H24N4O2S2. The number of esters is 1. The van der Waals surface area contributed by atoms with E-state index in [0.29, 0.717) is 22.2 Å². The summed E-state index contributed by atoms with van der Waals surface area (Å²) in [6.45, 7) is 9.59. The first kappa shape index (κ1) is 19.4. The van der Waals surface area contributed by atoms with Crippen LogP contribution < -0.4 is 10.6 Å². The number of anilines is 1. The van der Waals surface area contributed by atoms with Crippen molar-refractivity contribution >= 4 is 39.6 Å². The maximum Gasteiger partial charge on any atom is 0.340 e. The molecule has 8 heteroatoms. The molecule has 0 radical (unpaired) electrons. The highest BCUT2D eigenvalue weighted by atomic mass is 32.1. The number of hydrogen-bond acceptors (Lipinski definition) is 5. The Morgan fingerprint density at radius 3 is 2.68 bits per heavy atom. The van der Waals surface area contributed by atoms with E-state index < -0.39 is 0 Å². The van der Waals surface area contributed by atoms with Gasteiger partial charge < -0.3 is 15.4 Å². The Hall–Kier alpha value is -1.93. The monoisotopic (exact) mass is 380 g/mol.